The Morgan fingerprint density at radius 1 is 0.950 bits per heavy atom. The number of nitrogens with one attached hydrogen (secondary N) is 1. The standard InChI is InChI=1S/C19H31N/c1-2-20-16-8-4-5-9-17-12-14-19(15-13-17)18-10-6-3-7-11-18/h12-15,18,20H,2-11,16H2,1H3. The number of benzene rings is 1. The normalized spacial score (nSPS) is 16.4. The molecule has 1 aliphatic rings. The van der Waals surface area contributed by atoms with Crippen molar-refractivity contribution in [2.24, 2.45) is 0 Å². The van der Waals surface area contributed by atoms with Crippen LogP contribution in [0.25, 0.3) is 0 Å². The average Bonchev–Trinajstić information content (AvgIpc) is 2.52. The summed E-state index contributed by atoms with van der Waals surface area (Å²) in [6, 6.07) is 9.52. The summed E-state index contributed by atoms with van der Waals surface area (Å²) in [5, 5.41) is 3.39. The maximum atomic E-state index is 3.39. The first-order chi connectivity index (χ1) is 9.90. The lowest BCUT2D eigenvalue weighted by molar-refractivity contribution is 0.443. The Labute approximate surface area is 125 Å². The van der Waals surface area contributed by atoms with Crippen molar-refractivity contribution in [3.8, 4) is 0 Å². The van der Waals surface area contributed by atoms with E-state index >= 15 is 0 Å². The third kappa shape index (κ3) is 5.28. The lowest BCUT2D eigenvalue weighted by atomic mass is 9.84. The molecule has 1 N–H and O–H groups in total. The molecule has 2 rings (SSSR count). The van der Waals surface area contributed by atoms with E-state index in [2.05, 4.69) is 36.5 Å². The van der Waals surface area contributed by atoms with Gasteiger partial charge in [-0.3, -0.25) is 0 Å². The molecule has 0 radical (unpaired) electrons. The quantitative estimate of drug-likeness (QED) is 0.653. The highest BCUT2D eigenvalue weighted by molar-refractivity contribution is 5.25. The van der Waals surface area contributed by atoms with Crippen LogP contribution < -0.4 is 5.32 Å². The van der Waals surface area contributed by atoms with Gasteiger partial charge in [0.2, 0.25) is 0 Å². The zero-order chi connectivity index (χ0) is 14.0. The van der Waals surface area contributed by atoms with Crippen LogP contribution in [0.2, 0.25) is 0 Å². The van der Waals surface area contributed by atoms with Gasteiger partial charge in [-0.2, -0.15) is 0 Å². The van der Waals surface area contributed by atoms with Crippen molar-refractivity contribution >= 4 is 0 Å². The summed E-state index contributed by atoms with van der Waals surface area (Å²) >= 11 is 0. The molecule has 0 aliphatic heterocycles. The van der Waals surface area contributed by atoms with Gasteiger partial charge in [-0.1, -0.05) is 56.9 Å². The van der Waals surface area contributed by atoms with Crippen LogP contribution in [0.15, 0.2) is 24.3 Å². The van der Waals surface area contributed by atoms with E-state index in [4.69, 9.17) is 0 Å². The summed E-state index contributed by atoms with van der Waals surface area (Å²) in [6.07, 6.45) is 12.3. The van der Waals surface area contributed by atoms with Crippen molar-refractivity contribution in [2.75, 3.05) is 13.1 Å². The molecule has 0 saturated heterocycles. The first-order valence-corrected chi connectivity index (χ1v) is 8.69. The zero-order valence-electron chi connectivity index (χ0n) is 13.2. The Morgan fingerprint density at radius 2 is 1.70 bits per heavy atom. The van der Waals surface area contributed by atoms with E-state index in [9.17, 15) is 0 Å². The van der Waals surface area contributed by atoms with Crippen LogP contribution >= 0.6 is 0 Å². The Kier molecular flexibility index (Phi) is 7.14. The zero-order valence-corrected chi connectivity index (χ0v) is 13.2. The maximum absolute atomic E-state index is 3.39. The highest BCUT2D eigenvalue weighted by Gasteiger charge is 2.14. The molecule has 0 amide bonds. The Hall–Kier alpha value is -0.820. The molecule has 0 atom stereocenters. The van der Waals surface area contributed by atoms with Crippen molar-refractivity contribution in [3.63, 3.8) is 0 Å². The minimum atomic E-state index is 0.845. The van der Waals surface area contributed by atoms with Gasteiger partial charge in [0, 0.05) is 0 Å². The average molecular weight is 273 g/mol. The van der Waals surface area contributed by atoms with Crippen molar-refractivity contribution in [3.05, 3.63) is 35.4 Å². The molecule has 1 aromatic carbocycles. The van der Waals surface area contributed by atoms with Gasteiger partial charge < -0.3 is 5.32 Å². The van der Waals surface area contributed by atoms with Crippen molar-refractivity contribution in [1.29, 1.82) is 0 Å². The third-order valence-electron chi connectivity index (χ3n) is 4.63. The van der Waals surface area contributed by atoms with Crippen LogP contribution in [0.3, 0.4) is 0 Å². The van der Waals surface area contributed by atoms with Crippen LogP contribution in [-0.2, 0) is 6.42 Å². The van der Waals surface area contributed by atoms with Crippen LogP contribution in [0, 0.1) is 0 Å². The molecular weight excluding hydrogens is 242 g/mol. The van der Waals surface area contributed by atoms with Crippen molar-refractivity contribution < 1.29 is 0 Å². The molecule has 1 aliphatic carbocycles. The molecule has 1 fully saturated rings. The van der Waals surface area contributed by atoms with Crippen molar-refractivity contribution in [1.82, 2.24) is 5.32 Å². The number of aryl methyl sites for hydroxylation is 1. The van der Waals surface area contributed by atoms with E-state index in [1.165, 1.54) is 69.9 Å². The van der Waals surface area contributed by atoms with Gasteiger partial charge in [0.15, 0.2) is 0 Å². The predicted molar refractivity (Wildman–Crippen MR) is 88.4 cm³/mol. The van der Waals surface area contributed by atoms with Gasteiger partial charge in [-0.15, -0.1) is 0 Å². The van der Waals surface area contributed by atoms with Gasteiger partial charge in [0.1, 0.15) is 0 Å². The number of rotatable bonds is 8. The summed E-state index contributed by atoms with van der Waals surface area (Å²) in [5.41, 5.74) is 3.11. The molecule has 1 aromatic rings. The van der Waals surface area contributed by atoms with E-state index in [1.54, 1.807) is 5.56 Å². The Morgan fingerprint density at radius 3 is 2.40 bits per heavy atom. The van der Waals surface area contributed by atoms with Gasteiger partial charge in [0.25, 0.3) is 0 Å². The molecule has 20 heavy (non-hydrogen) atoms. The van der Waals surface area contributed by atoms with E-state index < -0.39 is 0 Å². The fourth-order valence-electron chi connectivity index (χ4n) is 3.33. The maximum Gasteiger partial charge on any atom is -0.00490 e. The lowest BCUT2D eigenvalue weighted by Crippen LogP contribution is -2.13. The molecule has 0 spiro atoms. The lowest BCUT2D eigenvalue weighted by Gasteiger charge is -2.22. The molecule has 0 heterocycles. The minimum absolute atomic E-state index is 0.845. The largest absolute Gasteiger partial charge is 0.317 e. The summed E-state index contributed by atoms with van der Waals surface area (Å²) in [4.78, 5) is 0. The van der Waals surface area contributed by atoms with Gasteiger partial charge in [-0.25, -0.2) is 0 Å². The SMILES string of the molecule is CCNCCCCCc1ccc(C2CCCCC2)cc1. The second-order valence-electron chi connectivity index (χ2n) is 6.24. The second kappa shape index (κ2) is 9.18. The van der Waals surface area contributed by atoms with E-state index in [1.807, 2.05) is 0 Å². The van der Waals surface area contributed by atoms with E-state index in [-0.39, 0.29) is 0 Å². The summed E-state index contributed by atoms with van der Waals surface area (Å²) in [7, 11) is 0. The van der Waals surface area contributed by atoms with Gasteiger partial charge in [0.05, 0.1) is 0 Å². The molecule has 1 nitrogen and oxygen atoms in total. The first-order valence-electron chi connectivity index (χ1n) is 8.69. The molecule has 1 heteroatoms. The molecule has 112 valence electrons. The van der Waals surface area contributed by atoms with Crippen LogP contribution in [0.4, 0.5) is 0 Å². The van der Waals surface area contributed by atoms with Crippen LogP contribution in [0.1, 0.15) is 75.3 Å². The second-order valence-corrected chi connectivity index (χ2v) is 6.24. The topological polar surface area (TPSA) is 12.0 Å². The van der Waals surface area contributed by atoms with Gasteiger partial charge >= 0.3 is 0 Å². The van der Waals surface area contributed by atoms with E-state index in [0.717, 1.165) is 12.5 Å². The number of hydrogen-bond acceptors (Lipinski definition) is 1. The summed E-state index contributed by atoms with van der Waals surface area (Å²) in [5.74, 6) is 0.845. The fraction of sp³-hybridized carbons (Fsp3) is 0.684. The third-order valence-corrected chi connectivity index (χ3v) is 4.63. The summed E-state index contributed by atoms with van der Waals surface area (Å²) < 4.78 is 0. The Balaban J connectivity index is 1.68. The minimum Gasteiger partial charge on any atom is -0.317 e. The number of unbranched alkanes of at least 4 members (excludes halogenated alkanes) is 2. The summed E-state index contributed by atoms with van der Waals surface area (Å²) in [6.45, 7) is 4.45. The smallest absolute Gasteiger partial charge is 0.00490 e. The van der Waals surface area contributed by atoms with Crippen LogP contribution in [0.5, 0.6) is 0 Å². The monoisotopic (exact) mass is 273 g/mol. The fourth-order valence-corrected chi connectivity index (χ4v) is 3.33. The molecule has 0 bridgehead atoms. The molecule has 1 saturated carbocycles. The molecule has 0 aromatic heterocycles. The van der Waals surface area contributed by atoms with Crippen LogP contribution in [-0.4, -0.2) is 13.1 Å². The molecular formula is C19H31N. The first kappa shape index (κ1) is 15.6. The number of hydrogen-bond donors (Lipinski definition) is 1. The van der Waals surface area contributed by atoms with Gasteiger partial charge in [-0.05, 0) is 62.2 Å². The Bertz CT molecular complexity index is 349. The van der Waals surface area contributed by atoms with Crippen molar-refractivity contribution in [2.45, 2.75) is 70.6 Å². The highest BCUT2D eigenvalue weighted by atomic mass is 14.8. The predicted octanol–water partition coefficient (Wildman–Crippen LogP) is 5.06. The highest BCUT2D eigenvalue weighted by Crippen LogP contribution is 2.32. The molecule has 0 unspecified atom stereocenters. The van der Waals surface area contributed by atoms with E-state index in [0.29, 0.717) is 0 Å².